The third-order valence-electron chi connectivity index (χ3n) is 3.53. The fourth-order valence-corrected chi connectivity index (χ4v) is 2.13. The van der Waals surface area contributed by atoms with Crippen LogP contribution in [0.1, 0.15) is 37.3 Å². The Kier molecular flexibility index (Phi) is 5.95. The Balaban J connectivity index is 1.87. The predicted octanol–water partition coefficient (Wildman–Crippen LogP) is 4.13. The van der Waals surface area contributed by atoms with Crippen LogP contribution in [0, 0.1) is 6.92 Å². The zero-order valence-electron chi connectivity index (χ0n) is 13.2. The molecule has 0 aliphatic heterocycles. The Morgan fingerprint density at radius 1 is 1.18 bits per heavy atom. The Bertz CT molecular complexity index is 608. The number of hydrogen-bond acceptors (Lipinski definition) is 3. The van der Waals surface area contributed by atoms with Gasteiger partial charge in [-0.05, 0) is 36.6 Å². The van der Waals surface area contributed by atoms with Gasteiger partial charge in [0.1, 0.15) is 5.82 Å². The van der Waals surface area contributed by atoms with Gasteiger partial charge in [0.05, 0.1) is 11.9 Å². The second kappa shape index (κ2) is 8.17. The molecule has 4 nitrogen and oxygen atoms in total. The highest BCUT2D eigenvalue weighted by atomic mass is 16.1. The molecule has 0 saturated heterocycles. The van der Waals surface area contributed by atoms with Crippen molar-refractivity contribution in [2.45, 2.75) is 39.7 Å². The lowest BCUT2D eigenvalue weighted by Gasteiger charge is -2.09. The van der Waals surface area contributed by atoms with Crippen molar-refractivity contribution < 1.29 is 4.79 Å². The molecule has 0 saturated carbocycles. The van der Waals surface area contributed by atoms with E-state index in [0.717, 1.165) is 30.9 Å². The summed E-state index contributed by atoms with van der Waals surface area (Å²) in [6.45, 7) is 4.91. The summed E-state index contributed by atoms with van der Waals surface area (Å²) in [5, 5.41) is 6.15. The van der Waals surface area contributed by atoms with Crippen LogP contribution in [0.3, 0.4) is 0 Å². The molecule has 0 fully saturated rings. The van der Waals surface area contributed by atoms with Gasteiger partial charge in [-0.3, -0.25) is 4.79 Å². The lowest BCUT2D eigenvalue weighted by Crippen LogP contribution is -2.11. The Morgan fingerprint density at radius 3 is 2.68 bits per heavy atom. The number of anilines is 2. The number of aryl methyl sites for hydroxylation is 1. The lowest BCUT2D eigenvalue weighted by molar-refractivity contribution is -0.116. The van der Waals surface area contributed by atoms with Crippen LogP contribution in [0.4, 0.5) is 11.5 Å². The number of unbranched alkanes of at least 4 members (excludes halogenated alkanes) is 1. The van der Waals surface area contributed by atoms with Gasteiger partial charge in [0.25, 0.3) is 0 Å². The van der Waals surface area contributed by atoms with Gasteiger partial charge in [-0.15, -0.1) is 0 Å². The number of carbonyl (C=O) groups excluding carboxylic acids is 1. The summed E-state index contributed by atoms with van der Waals surface area (Å²) in [7, 11) is 0. The van der Waals surface area contributed by atoms with E-state index < -0.39 is 0 Å². The van der Waals surface area contributed by atoms with Crippen LogP contribution in [-0.4, -0.2) is 10.9 Å². The molecule has 2 rings (SSSR count). The zero-order chi connectivity index (χ0) is 15.8. The summed E-state index contributed by atoms with van der Waals surface area (Å²) >= 11 is 0. The molecule has 116 valence electrons. The smallest absolute Gasteiger partial charge is 0.224 e. The molecule has 2 aromatic rings. The molecule has 0 spiro atoms. The number of pyridine rings is 1. The highest BCUT2D eigenvalue weighted by Crippen LogP contribution is 2.13. The number of hydrogen-bond donors (Lipinski definition) is 2. The van der Waals surface area contributed by atoms with Gasteiger partial charge in [0, 0.05) is 13.0 Å². The number of nitrogens with zero attached hydrogens (tertiary/aromatic N) is 1. The molecule has 1 heterocycles. The molecule has 0 aliphatic rings. The minimum atomic E-state index is 0.0456. The number of carbonyl (C=O) groups is 1. The van der Waals surface area contributed by atoms with Crippen molar-refractivity contribution in [1.29, 1.82) is 0 Å². The monoisotopic (exact) mass is 297 g/mol. The van der Waals surface area contributed by atoms with E-state index in [-0.39, 0.29) is 5.91 Å². The van der Waals surface area contributed by atoms with Gasteiger partial charge in [-0.1, -0.05) is 37.6 Å². The third kappa shape index (κ3) is 4.88. The van der Waals surface area contributed by atoms with Gasteiger partial charge in [0.15, 0.2) is 0 Å². The topological polar surface area (TPSA) is 54.0 Å². The molecule has 2 N–H and O–H groups in total. The van der Waals surface area contributed by atoms with Crippen LogP contribution in [0.5, 0.6) is 0 Å². The summed E-state index contributed by atoms with van der Waals surface area (Å²) in [6.07, 6.45) is 4.18. The van der Waals surface area contributed by atoms with Gasteiger partial charge in [-0.2, -0.15) is 0 Å². The van der Waals surface area contributed by atoms with Crippen LogP contribution in [0.25, 0.3) is 0 Å². The molecule has 0 atom stereocenters. The van der Waals surface area contributed by atoms with Crippen LogP contribution >= 0.6 is 0 Å². The quantitative estimate of drug-likeness (QED) is 0.808. The molecule has 1 aromatic heterocycles. The van der Waals surface area contributed by atoms with Crippen molar-refractivity contribution in [3.63, 3.8) is 0 Å². The van der Waals surface area contributed by atoms with E-state index in [0.29, 0.717) is 6.42 Å². The predicted molar refractivity (Wildman–Crippen MR) is 90.9 cm³/mol. The molecule has 22 heavy (non-hydrogen) atoms. The van der Waals surface area contributed by atoms with Crippen LogP contribution < -0.4 is 10.6 Å². The maximum atomic E-state index is 11.6. The SMILES string of the molecule is CCCCC(=O)Nc1ccc(NCc2ccccc2C)nc1. The number of nitrogens with one attached hydrogen (secondary N) is 2. The first-order valence-electron chi connectivity index (χ1n) is 7.73. The summed E-state index contributed by atoms with van der Waals surface area (Å²) in [5.41, 5.74) is 3.25. The molecule has 1 aromatic carbocycles. The minimum absolute atomic E-state index is 0.0456. The van der Waals surface area contributed by atoms with E-state index in [9.17, 15) is 4.79 Å². The highest BCUT2D eigenvalue weighted by molar-refractivity contribution is 5.90. The first-order valence-corrected chi connectivity index (χ1v) is 7.73. The van der Waals surface area contributed by atoms with Crippen LogP contribution in [-0.2, 0) is 11.3 Å². The largest absolute Gasteiger partial charge is 0.366 e. The van der Waals surface area contributed by atoms with Crippen molar-refractivity contribution >= 4 is 17.4 Å². The van der Waals surface area contributed by atoms with E-state index in [2.05, 4.69) is 41.6 Å². The molecule has 0 unspecified atom stereocenters. The summed E-state index contributed by atoms with van der Waals surface area (Å²) in [4.78, 5) is 16.0. The Morgan fingerprint density at radius 2 is 2.00 bits per heavy atom. The fraction of sp³-hybridized carbons (Fsp3) is 0.333. The molecule has 0 bridgehead atoms. The van der Waals surface area contributed by atoms with E-state index in [1.807, 2.05) is 24.3 Å². The maximum Gasteiger partial charge on any atom is 0.224 e. The van der Waals surface area contributed by atoms with Gasteiger partial charge in [-0.25, -0.2) is 4.98 Å². The molecule has 0 aliphatic carbocycles. The van der Waals surface area contributed by atoms with E-state index in [4.69, 9.17) is 0 Å². The third-order valence-corrected chi connectivity index (χ3v) is 3.53. The molecule has 0 radical (unpaired) electrons. The van der Waals surface area contributed by atoms with E-state index in [1.54, 1.807) is 6.20 Å². The van der Waals surface area contributed by atoms with Crippen molar-refractivity contribution in [3.05, 3.63) is 53.7 Å². The summed E-state index contributed by atoms with van der Waals surface area (Å²) in [5.74, 6) is 0.846. The van der Waals surface area contributed by atoms with Crippen molar-refractivity contribution in [1.82, 2.24) is 4.98 Å². The summed E-state index contributed by atoms with van der Waals surface area (Å²) < 4.78 is 0. The molecular formula is C18H23N3O. The first kappa shape index (κ1) is 16.0. The lowest BCUT2D eigenvalue weighted by atomic mass is 10.1. The van der Waals surface area contributed by atoms with Gasteiger partial charge < -0.3 is 10.6 Å². The number of rotatable bonds is 7. The molecular weight excluding hydrogens is 274 g/mol. The maximum absolute atomic E-state index is 11.6. The first-order chi connectivity index (χ1) is 10.7. The van der Waals surface area contributed by atoms with Crippen LogP contribution in [0.15, 0.2) is 42.6 Å². The average Bonchev–Trinajstić information content (AvgIpc) is 2.53. The van der Waals surface area contributed by atoms with Gasteiger partial charge in [0.2, 0.25) is 5.91 Å². The van der Waals surface area contributed by atoms with Crippen LogP contribution in [0.2, 0.25) is 0 Å². The summed E-state index contributed by atoms with van der Waals surface area (Å²) in [6, 6.07) is 12.0. The molecule has 4 heteroatoms. The fourth-order valence-electron chi connectivity index (χ4n) is 2.13. The van der Waals surface area contributed by atoms with E-state index >= 15 is 0 Å². The zero-order valence-corrected chi connectivity index (χ0v) is 13.2. The number of benzene rings is 1. The van der Waals surface area contributed by atoms with Crippen molar-refractivity contribution in [2.75, 3.05) is 10.6 Å². The van der Waals surface area contributed by atoms with Gasteiger partial charge >= 0.3 is 0 Å². The minimum Gasteiger partial charge on any atom is -0.366 e. The second-order valence-electron chi connectivity index (χ2n) is 5.36. The standard InChI is InChI=1S/C18H23N3O/c1-3-4-9-18(22)21-16-10-11-17(20-13-16)19-12-15-8-6-5-7-14(15)2/h5-8,10-11,13H,3-4,9,12H2,1-2H3,(H,19,20)(H,21,22). The normalized spacial score (nSPS) is 10.3. The Hall–Kier alpha value is -2.36. The molecule has 1 amide bonds. The highest BCUT2D eigenvalue weighted by Gasteiger charge is 2.02. The van der Waals surface area contributed by atoms with Crippen molar-refractivity contribution in [2.24, 2.45) is 0 Å². The second-order valence-corrected chi connectivity index (χ2v) is 5.36. The van der Waals surface area contributed by atoms with Crippen molar-refractivity contribution in [3.8, 4) is 0 Å². The average molecular weight is 297 g/mol. The number of amides is 1. The van der Waals surface area contributed by atoms with E-state index in [1.165, 1.54) is 11.1 Å². The Labute approximate surface area is 132 Å². The number of aromatic nitrogens is 1.